The van der Waals surface area contributed by atoms with Crippen LogP contribution in [0.2, 0.25) is 0 Å². The Morgan fingerprint density at radius 1 is 1.23 bits per heavy atom. The summed E-state index contributed by atoms with van der Waals surface area (Å²) in [6, 6.07) is 13.8. The summed E-state index contributed by atoms with van der Waals surface area (Å²) >= 11 is 0. The Hall–Kier alpha value is -2.78. The molecular weight excluding hydrogens is 302 g/mol. The third-order valence-corrected chi connectivity index (χ3v) is 4.64. The molecule has 0 heterocycles. The molecule has 0 unspecified atom stereocenters. The Morgan fingerprint density at radius 3 is 2.50 bits per heavy atom. The van der Waals surface area contributed by atoms with Crippen LogP contribution in [-0.4, -0.2) is 20.6 Å². The Morgan fingerprint density at radius 2 is 1.91 bits per heavy atom. The highest BCUT2D eigenvalue weighted by molar-refractivity contribution is 7.95. The zero-order chi connectivity index (χ0) is 16.2. The molecule has 6 heteroatoms. The van der Waals surface area contributed by atoms with Crippen LogP contribution in [0.1, 0.15) is 5.56 Å². The summed E-state index contributed by atoms with van der Waals surface area (Å²) in [6.07, 6.45) is 1.24. The number of phenols is 1. The molecule has 22 heavy (non-hydrogen) atoms. The number of methoxy groups -OCH3 is 1. The number of benzene rings is 2. The van der Waals surface area contributed by atoms with Crippen molar-refractivity contribution in [2.75, 3.05) is 7.11 Å². The molecule has 2 aromatic carbocycles. The van der Waals surface area contributed by atoms with Gasteiger partial charge in [-0.25, -0.2) is 8.42 Å². The number of aromatic hydroxyl groups is 1. The largest absolute Gasteiger partial charge is 0.504 e. The molecule has 0 aromatic heterocycles. The summed E-state index contributed by atoms with van der Waals surface area (Å²) in [5.74, 6) is 0.132. The summed E-state index contributed by atoms with van der Waals surface area (Å²) in [5.41, 5.74) is 0.436. The van der Waals surface area contributed by atoms with Gasteiger partial charge in [-0.1, -0.05) is 24.3 Å². The SMILES string of the molecule is COc1cc(C=C(C#N)S(=O)(=O)c2ccccc2)ccc1O. The molecule has 0 aliphatic carbocycles. The first kappa shape index (κ1) is 15.6. The van der Waals surface area contributed by atoms with Gasteiger partial charge in [-0.05, 0) is 35.9 Å². The van der Waals surface area contributed by atoms with Gasteiger partial charge in [0, 0.05) is 0 Å². The number of phenolic OH excluding ortho intramolecular Hbond substituents is 1. The van der Waals surface area contributed by atoms with E-state index in [4.69, 9.17) is 4.74 Å². The minimum Gasteiger partial charge on any atom is -0.504 e. The first-order valence-electron chi connectivity index (χ1n) is 6.28. The lowest BCUT2D eigenvalue weighted by Crippen LogP contribution is -2.03. The number of ether oxygens (including phenoxy) is 1. The molecule has 0 radical (unpaired) electrons. The predicted molar refractivity (Wildman–Crippen MR) is 81.9 cm³/mol. The van der Waals surface area contributed by atoms with Gasteiger partial charge >= 0.3 is 0 Å². The second kappa shape index (κ2) is 6.33. The van der Waals surface area contributed by atoms with Gasteiger partial charge in [0.05, 0.1) is 12.0 Å². The van der Waals surface area contributed by atoms with Crippen molar-refractivity contribution in [2.24, 2.45) is 0 Å². The quantitative estimate of drug-likeness (QED) is 0.877. The van der Waals surface area contributed by atoms with Crippen LogP contribution < -0.4 is 4.74 Å². The fraction of sp³-hybridized carbons (Fsp3) is 0.0625. The summed E-state index contributed by atoms with van der Waals surface area (Å²) < 4.78 is 29.8. The molecule has 0 bridgehead atoms. The second-order valence-electron chi connectivity index (χ2n) is 4.37. The Labute approximate surface area is 128 Å². The van der Waals surface area contributed by atoms with Crippen molar-refractivity contribution >= 4 is 15.9 Å². The van der Waals surface area contributed by atoms with E-state index in [0.29, 0.717) is 5.56 Å². The average Bonchev–Trinajstić information content (AvgIpc) is 2.54. The maximum atomic E-state index is 12.4. The second-order valence-corrected chi connectivity index (χ2v) is 6.29. The molecule has 112 valence electrons. The number of hydrogen-bond acceptors (Lipinski definition) is 5. The summed E-state index contributed by atoms with van der Waals surface area (Å²) in [5, 5.41) is 18.7. The average molecular weight is 315 g/mol. The van der Waals surface area contributed by atoms with Gasteiger partial charge in [-0.2, -0.15) is 5.26 Å². The molecular formula is C16H13NO4S. The molecule has 0 saturated heterocycles. The number of rotatable bonds is 4. The topological polar surface area (TPSA) is 87.4 Å². The van der Waals surface area contributed by atoms with E-state index in [2.05, 4.69) is 0 Å². The third kappa shape index (κ3) is 3.10. The van der Waals surface area contributed by atoms with Crippen molar-refractivity contribution in [3.63, 3.8) is 0 Å². The number of nitrogens with zero attached hydrogens (tertiary/aromatic N) is 1. The van der Waals surface area contributed by atoms with Crippen molar-refractivity contribution in [3.8, 4) is 17.6 Å². The smallest absolute Gasteiger partial charge is 0.216 e. The highest BCUT2D eigenvalue weighted by atomic mass is 32.2. The Bertz CT molecular complexity index is 849. The molecule has 0 atom stereocenters. The minimum atomic E-state index is -3.88. The van der Waals surface area contributed by atoms with E-state index in [0.717, 1.165) is 0 Å². The van der Waals surface area contributed by atoms with Gasteiger partial charge in [0.1, 0.15) is 11.0 Å². The molecule has 1 N–H and O–H groups in total. The minimum absolute atomic E-state index is 0.0496. The van der Waals surface area contributed by atoms with Crippen LogP contribution in [0.5, 0.6) is 11.5 Å². The zero-order valence-corrected chi connectivity index (χ0v) is 12.5. The highest BCUT2D eigenvalue weighted by Crippen LogP contribution is 2.28. The highest BCUT2D eigenvalue weighted by Gasteiger charge is 2.20. The Balaban J connectivity index is 2.51. The van der Waals surface area contributed by atoms with Crippen LogP contribution in [0.4, 0.5) is 0 Å². The first-order valence-corrected chi connectivity index (χ1v) is 7.76. The van der Waals surface area contributed by atoms with Crippen LogP contribution in [0.25, 0.3) is 6.08 Å². The molecule has 0 saturated carbocycles. The summed E-state index contributed by atoms with van der Waals surface area (Å²) in [6.45, 7) is 0. The van der Waals surface area contributed by atoms with E-state index < -0.39 is 9.84 Å². The summed E-state index contributed by atoms with van der Waals surface area (Å²) in [4.78, 5) is -0.333. The van der Waals surface area contributed by atoms with E-state index >= 15 is 0 Å². The van der Waals surface area contributed by atoms with E-state index in [1.807, 2.05) is 0 Å². The number of hydrogen-bond donors (Lipinski definition) is 1. The van der Waals surface area contributed by atoms with E-state index in [1.165, 1.54) is 43.5 Å². The first-order chi connectivity index (χ1) is 10.5. The molecule has 0 spiro atoms. The lowest BCUT2D eigenvalue weighted by molar-refractivity contribution is 0.373. The molecule has 5 nitrogen and oxygen atoms in total. The Kier molecular flexibility index (Phi) is 4.49. The van der Waals surface area contributed by atoms with Crippen molar-refractivity contribution in [1.82, 2.24) is 0 Å². The van der Waals surface area contributed by atoms with Crippen LogP contribution in [0, 0.1) is 11.3 Å². The van der Waals surface area contributed by atoms with Crippen molar-refractivity contribution in [1.29, 1.82) is 5.26 Å². The van der Waals surface area contributed by atoms with Gasteiger partial charge in [0.2, 0.25) is 9.84 Å². The van der Waals surface area contributed by atoms with E-state index in [9.17, 15) is 18.8 Å². The fourth-order valence-electron chi connectivity index (χ4n) is 1.83. The van der Waals surface area contributed by atoms with E-state index in [1.54, 1.807) is 24.3 Å². The number of allylic oxidation sites excluding steroid dienone is 1. The zero-order valence-electron chi connectivity index (χ0n) is 11.7. The van der Waals surface area contributed by atoms with Gasteiger partial charge in [0.25, 0.3) is 0 Å². The lowest BCUT2D eigenvalue weighted by Gasteiger charge is -2.05. The van der Waals surface area contributed by atoms with Crippen LogP contribution in [0.3, 0.4) is 0 Å². The predicted octanol–water partition coefficient (Wildman–Crippen LogP) is 2.74. The molecule has 0 aliphatic rings. The molecule has 0 amide bonds. The standard InChI is InChI=1S/C16H13NO4S/c1-21-16-10-12(7-8-15(16)18)9-14(11-17)22(19,20)13-5-3-2-4-6-13/h2-10,18H,1H3. The maximum absolute atomic E-state index is 12.4. The van der Waals surface area contributed by atoms with Gasteiger partial charge in [0.15, 0.2) is 11.5 Å². The molecule has 0 aliphatic heterocycles. The fourth-order valence-corrected chi connectivity index (χ4v) is 3.01. The van der Waals surface area contributed by atoms with Crippen molar-refractivity contribution in [2.45, 2.75) is 4.90 Å². The van der Waals surface area contributed by atoms with Crippen molar-refractivity contribution in [3.05, 3.63) is 59.0 Å². The lowest BCUT2D eigenvalue weighted by atomic mass is 10.2. The van der Waals surface area contributed by atoms with Gasteiger partial charge < -0.3 is 9.84 Å². The van der Waals surface area contributed by atoms with Gasteiger partial charge in [-0.15, -0.1) is 0 Å². The van der Waals surface area contributed by atoms with Crippen molar-refractivity contribution < 1.29 is 18.3 Å². The monoisotopic (exact) mass is 315 g/mol. The van der Waals surface area contributed by atoms with Crippen LogP contribution in [0.15, 0.2) is 58.3 Å². The molecule has 2 aromatic rings. The molecule has 0 fully saturated rings. The number of nitriles is 1. The summed E-state index contributed by atoms with van der Waals surface area (Å²) in [7, 11) is -2.50. The molecule has 2 rings (SSSR count). The van der Waals surface area contributed by atoms with Crippen LogP contribution in [-0.2, 0) is 9.84 Å². The third-order valence-electron chi connectivity index (χ3n) is 2.95. The normalized spacial score (nSPS) is 11.7. The number of sulfone groups is 1. The maximum Gasteiger partial charge on any atom is 0.216 e. The van der Waals surface area contributed by atoms with Crippen LogP contribution >= 0.6 is 0 Å². The van der Waals surface area contributed by atoms with Gasteiger partial charge in [-0.3, -0.25) is 0 Å². The van der Waals surface area contributed by atoms with E-state index in [-0.39, 0.29) is 21.3 Å².